The number of rotatable bonds is 1. The Balaban J connectivity index is 3.03. The number of hydrogen-bond acceptors (Lipinski definition) is 0. The van der Waals surface area contributed by atoms with Gasteiger partial charge in [0.1, 0.15) is 6.26 Å². The molecule has 0 unspecified atom stereocenters. The Kier molecular flexibility index (Phi) is 2.36. The number of halogens is 2. The van der Waals surface area contributed by atoms with Crippen molar-refractivity contribution < 1.29 is 13.9 Å². The zero-order valence-corrected chi connectivity index (χ0v) is 2.90. The van der Waals surface area contributed by atoms with Crippen molar-refractivity contribution in [3.05, 3.63) is 12.3 Å². The van der Waals surface area contributed by atoms with Gasteiger partial charge in [0, 0.05) is 6.08 Å². The summed E-state index contributed by atoms with van der Waals surface area (Å²) in [6.07, 6.45) is -2.24. The van der Waals surface area contributed by atoms with Gasteiger partial charge in [0.25, 0.3) is 6.43 Å². The molecule has 0 spiro atoms. The predicted molar refractivity (Wildman–Crippen MR) is 15.8 cm³/mol. The van der Waals surface area contributed by atoms with Crippen LogP contribution in [0, 0.1) is 0 Å². The monoisotopic (exact) mass is 93.0 g/mol. The normalized spacial score (nSPS) is 11.2. The third-order valence-electron chi connectivity index (χ3n) is 0.224. The summed E-state index contributed by atoms with van der Waals surface area (Å²) in [5.41, 5.74) is 0. The van der Waals surface area contributed by atoms with Crippen LogP contribution >= 0.6 is 0 Å². The lowest BCUT2D eigenvalue weighted by Gasteiger charge is -1.76. The quantitative estimate of drug-likeness (QED) is 0.434. The van der Waals surface area contributed by atoms with E-state index in [0.717, 1.165) is 0 Å². The third kappa shape index (κ3) is 3.40. The first-order valence-electron chi connectivity index (χ1n) is 1.34. The van der Waals surface area contributed by atoms with Crippen LogP contribution in [-0.2, 0) is 5.11 Å². The SMILES string of the molecule is [O]C=CC(F)F. The van der Waals surface area contributed by atoms with E-state index in [4.69, 9.17) is 5.11 Å². The highest BCUT2D eigenvalue weighted by Gasteiger charge is 1.89. The van der Waals surface area contributed by atoms with Crippen LogP contribution in [0.1, 0.15) is 0 Å². The Morgan fingerprint density at radius 1 is 1.50 bits per heavy atom. The number of alkyl halides is 2. The summed E-state index contributed by atoms with van der Waals surface area (Å²) in [7, 11) is 0. The molecule has 1 radical (unpaired) electrons. The van der Waals surface area contributed by atoms with Crippen molar-refractivity contribution in [1.29, 1.82) is 0 Å². The van der Waals surface area contributed by atoms with Gasteiger partial charge in [-0.3, -0.25) is 5.11 Å². The van der Waals surface area contributed by atoms with Gasteiger partial charge in [-0.1, -0.05) is 0 Å². The van der Waals surface area contributed by atoms with E-state index in [-0.39, 0.29) is 12.3 Å². The first kappa shape index (κ1) is 5.40. The highest BCUT2D eigenvalue weighted by molar-refractivity contribution is 4.73. The van der Waals surface area contributed by atoms with Gasteiger partial charge >= 0.3 is 0 Å². The number of hydrogen-bond donors (Lipinski definition) is 0. The molecule has 0 aliphatic heterocycles. The standard InChI is InChI=1S/C3H3F2O/c4-3(5)1-2-6/h1-3H. The second-order valence-electron chi connectivity index (χ2n) is 0.663. The van der Waals surface area contributed by atoms with E-state index in [1.54, 1.807) is 0 Å². The molecule has 0 saturated carbocycles. The fourth-order valence-electron chi connectivity index (χ4n) is 0.0594. The molecule has 0 rings (SSSR count). The molecule has 35 valence electrons. The molecular weight excluding hydrogens is 90.0 g/mol. The largest absolute Gasteiger partial charge is 0.299 e. The van der Waals surface area contributed by atoms with Crippen LogP contribution < -0.4 is 0 Å². The van der Waals surface area contributed by atoms with Gasteiger partial charge in [0.15, 0.2) is 0 Å². The summed E-state index contributed by atoms with van der Waals surface area (Å²) in [6.45, 7) is 0. The van der Waals surface area contributed by atoms with Crippen LogP contribution in [0.2, 0.25) is 0 Å². The van der Waals surface area contributed by atoms with Crippen molar-refractivity contribution in [3.8, 4) is 0 Å². The van der Waals surface area contributed by atoms with Crippen molar-refractivity contribution in [1.82, 2.24) is 0 Å². The Hall–Kier alpha value is -0.600. The van der Waals surface area contributed by atoms with Crippen molar-refractivity contribution in [3.63, 3.8) is 0 Å². The summed E-state index contributed by atoms with van der Waals surface area (Å²) in [6, 6.07) is 0. The van der Waals surface area contributed by atoms with E-state index < -0.39 is 6.43 Å². The summed E-state index contributed by atoms with van der Waals surface area (Å²) in [5.74, 6) is 0. The van der Waals surface area contributed by atoms with Crippen LogP contribution in [0.4, 0.5) is 8.78 Å². The van der Waals surface area contributed by atoms with Gasteiger partial charge < -0.3 is 0 Å². The zero-order chi connectivity index (χ0) is 4.99. The maximum absolute atomic E-state index is 10.7. The molecule has 6 heavy (non-hydrogen) atoms. The van der Waals surface area contributed by atoms with Crippen LogP contribution in [0.3, 0.4) is 0 Å². The Bertz CT molecular complexity index is 50.8. The minimum absolute atomic E-state index is 0.0741. The number of allylic oxidation sites excluding steroid dienone is 1. The molecule has 3 heteroatoms. The zero-order valence-electron chi connectivity index (χ0n) is 2.90. The van der Waals surface area contributed by atoms with E-state index in [2.05, 4.69) is 0 Å². The minimum atomic E-state index is -2.59. The maximum Gasteiger partial charge on any atom is 0.260 e. The second-order valence-corrected chi connectivity index (χ2v) is 0.663. The second kappa shape index (κ2) is 2.63. The lowest BCUT2D eigenvalue weighted by Crippen LogP contribution is -1.77. The average Bonchev–Trinajstić information content (AvgIpc) is 1.35. The average molecular weight is 93.1 g/mol. The molecule has 0 atom stereocenters. The predicted octanol–water partition coefficient (Wildman–Crippen LogP) is 1.20. The molecule has 0 aromatic heterocycles. The van der Waals surface area contributed by atoms with E-state index in [0.29, 0.717) is 0 Å². The van der Waals surface area contributed by atoms with Crippen molar-refractivity contribution in [2.75, 3.05) is 0 Å². The summed E-state index contributed by atoms with van der Waals surface area (Å²) in [5, 5.41) is 9.08. The summed E-state index contributed by atoms with van der Waals surface area (Å²) in [4.78, 5) is 0. The van der Waals surface area contributed by atoms with Gasteiger partial charge in [-0.05, 0) is 0 Å². The van der Waals surface area contributed by atoms with E-state index in [1.807, 2.05) is 0 Å². The highest BCUT2D eigenvalue weighted by atomic mass is 19.3. The molecule has 0 aromatic rings. The topological polar surface area (TPSA) is 19.9 Å². The van der Waals surface area contributed by atoms with Crippen LogP contribution in [0.5, 0.6) is 0 Å². The van der Waals surface area contributed by atoms with E-state index >= 15 is 0 Å². The third-order valence-corrected chi connectivity index (χ3v) is 0.224. The van der Waals surface area contributed by atoms with Crippen LogP contribution in [0.25, 0.3) is 0 Å². The van der Waals surface area contributed by atoms with Crippen molar-refractivity contribution >= 4 is 0 Å². The molecule has 0 aromatic carbocycles. The lowest BCUT2D eigenvalue weighted by atomic mass is 10.7. The van der Waals surface area contributed by atoms with Gasteiger partial charge in [-0.25, -0.2) is 8.78 Å². The maximum atomic E-state index is 10.7. The molecule has 0 saturated heterocycles. The molecule has 0 N–H and O–H groups in total. The molecule has 0 aliphatic rings. The molecule has 0 aliphatic carbocycles. The van der Waals surface area contributed by atoms with Crippen LogP contribution in [0.15, 0.2) is 12.3 Å². The van der Waals surface area contributed by atoms with Gasteiger partial charge in [-0.2, -0.15) is 0 Å². The fraction of sp³-hybridized carbons (Fsp3) is 0.333. The lowest BCUT2D eigenvalue weighted by molar-refractivity contribution is 0.197. The van der Waals surface area contributed by atoms with Crippen molar-refractivity contribution in [2.45, 2.75) is 6.43 Å². The van der Waals surface area contributed by atoms with Crippen LogP contribution in [-0.4, -0.2) is 6.43 Å². The Labute approximate surface area is 33.9 Å². The minimum Gasteiger partial charge on any atom is -0.299 e. The Morgan fingerprint density at radius 2 is 2.00 bits per heavy atom. The smallest absolute Gasteiger partial charge is 0.260 e. The first-order valence-corrected chi connectivity index (χ1v) is 1.34. The Morgan fingerprint density at radius 3 is 2.00 bits per heavy atom. The highest BCUT2D eigenvalue weighted by Crippen LogP contribution is 1.90. The van der Waals surface area contributed by atoms with Gasteiger partial charge in [-0.15, -0.1) is 0 Å². The molecule has 0 bridgehead atoms. The van der Waals surface area contributed by atoms with E-state index in [9.17, 15) is 8.78 Å². The molecular formula is C3H3F2O. The van der Waals surface area contributed by atoms with E-state index in [1.165, 1.54) is 0 Å². The van der Waals surface area contributed by atoms with Gasteiger partial charge in [0.2, 0.25) is 0 Å². The molecule has 0 fully saturated rings. The first-order chi connectivity index (χ1) is 2.77. The summed E-state index contributed by atoms with van der Waals surface area (Å²) >= 11 is 0. The van der Waals surface area contributed by atoms with Gasteiger partial charge in [0.05, 0.1) is 0 Å². The fourth-order valence-corrected chi connectivity index (χ4v) is 0.0594. The molecule has 1 nitrogen and oxygen atoms in total. The summed E-state index contributed by atoms with van der Waals surface area (Å²) < 4.78 is 21.5. The molecule has 0 amide bonds. The molecule has 0 heterocycles. The van der Waals surface area contributed by atoms with Crippen molar-refractivity contribution in [2.24, 2.45) is 0 Å².